The number of aromatic nitrogens is 3. The summed E-state index contributed by atoms with van der Waals surface area (Å²) in [6, 6.07) is 6.30. The van der Waals surface area contributed by atoms with Gasteiger partial charge in [-0.25, -0.2) is 14.3 Å². The molecular weight excluding hydrogens is 342 g/mol. The Morgan fingerprint density at radius 2 is 2.12 bits per heavy atom. The van der Waals surface area contributed by atoms with Crippen LogP contribution in [0, 0.1) is 5.92 Å². The molecule has 0 saturated heterocycles. The number of urea groups is 1. The predicted molar refractivity (Wildman–Crippen MR) is 91.1 cm³/mol. The zero-order valence-corrected chi connectivity index (χ0v) is 14.5. The molecule has 1 heterocycles. The summed E-state index contributed by atoms with van der Waals surface area (Å²) in [7, 11) is 2.76. The van der Waals surface area contributed by atoms with Crippen molar-refractivity contribution < 1.29 is 24.2 Å². The van der Waals surface area contributed by atoms with Crippen LogP contribution < -0.4 is 5.32 Å². The number of carbonyl (C=O) groups excluding carboxylic acids is 2. The zero-order chi connectivity index (χ0) is 19.3. The van der Waals surface area contributed by atoms with E-state index in [0.29, 0.717) is 11.4 Å². The molecule has 2 amide bonds. The standard InChI is InChI=1S/C16H19N5O5/c1-10(14(22)23)8-20(2)16(25)17-11-5-4-6-12(7-11)21-9-13(18-19-21)15(24)26-3/h4-7,9-10H,8H2,1-3H3,(H,17,25)(H,22,23). The number of hydrogen-bond acceptors (Lipinski definition) is 6. The third-order valence-corrected chi connectivity index (χ3v) is 3.57. The third-order valence-electron chi connectivity index (χ3n) is 3.57. The fourth-order valence-electron chi connectivity index (χ4n) is 2.10. The van der Waals surface area contributed by atoms with Gasteiger partial charge >= 0.3 is 18.0 Å². The van der Waals surface area contributed by atoms with Crippen LogP contribution >= 0.6 is 0 Å². The molecule has 0 aliphatic heterocycles. The molecule has 0 aliphatic rings. The summed E-state index contributed by atoms with van der Waals surface area (Å²) in [6.07, 6.45) is 1.41. The number of methoxy groups -OCH3 is 1. The van der Waals surface area contributed by atoms with Crippen LogP contribution in [0.4, 0.5) is 10.5 Å². The largest absolute Gasteiger partial charge is 0.481 e. The van der Waals surface area contributed by atoms with E-state index in [1.807, 2.05) is 0 Å². The molecule has 0 fully saturated rings. The number of ether oxygens (including phenoxy) is 1. The van der Waals surface area contributed by atoms with Crippen molar-refractivity contribution >= 4 is 23.7 Å². The number of anilines is 1. The van der Waals surface area contributed by atoms with Crippen molar-refractivity contribution in [2.24, 2.45) is 5.92 Å². The first kappa shape index (κ1) is 18.9. The Morgan fingerprint density at radius 1 is 1.38 bits per heavy atom. The summed E-state index contributed by atoms with van der Waals surface area (Å²) in [6.45, 7) is 1.60. The minimum absolute atomic E-state index is 0.0596. The highest BCUT2D eigenvalue weighted by molar-refractivity contribution is 5.90. The molecule has 26 heavy (non-hydrogen) atoms. The van der Waals surface area contributed by atoms with Crippen molar-refractivity contribution in [1.82, 2.24) is 19.9 Å². The van der Waals surface area contributed by atoms with E-state index in [-0.39, 0.29) is 12.2 Å². The lowest BCUT2D eigenvalue weighted by Gasteiger charge is -2.20. The second-order valence-corrected chi connectivity index (χ2v) is 5.64. The molecule has 138 valence electrons. The van der Waals surface area contributed by atoms with E-state index in [4.69, 9.17) is 5.11 Å². The second kappa shape index (κ2) is 8.10. The van der Waals surface area contributed by atoms with Gasteiger partial charge < -0.3 is 20.1 Å². The van der Waals surface area contributed by atoms with E-state index in [1.165, 1.54) is 36.9 Å². The van der Waals surface area contributed by atoms with Gasteiger partial charge in [0.2, 0.25) is 0 Å². The van der Waals surface area contributed by atoms with Crippen molar-refractivity contribution in [1.29, 1.82) is 0 Å². The maximum atomic E-state index is 12.2. The quantitative estimate of drug-likeness (QED) is 0.741. The Morgan fingerprint density at radius 3 is 2.77 bits per heavy atom. The number of amides is 2. The number of esters is 1. The molecule has 0 saturated carbocycles. The monoisotopic (exact) mass is 361 g/mol. The minimum atomic E-state index is -0.973. The molecule has 1 atom stereocenters. The molecule has 0 spiro atoms. The third kappa shape index (κ3) is 4.56. The normalized spacial score (nSPS) is 11.5. The zero-order valence-electron chi connectivity index (χ0n) is 14.5. The number of nitrogens with zero attached hydrogens (tertiary/aromatic N) is 4. The first-order valence-corrected chi connectivity index (χ1v) is 7.68. The van der Waals surface area contributed by atoms with Crippen molar-refractivity contribution in [2.75, 3.05) is 26.0 Å². The molecular formula is C16H19N5O5. The van der Waals surface area contributed by atoms with Crippen LogP contribution in [-0.2, 0) is 9.53 Å². The van der Waals surface area contributed by atoms with E-state index in [9.17, 15) is 14.4 Å². The second-order valence-electron chi connectivity index (χ2n) is 5.64. The molecule has 0 radical (unpaired) electrons. The minimum Gasteiger partial charge on any atom is -0.481 e. The Bertz CT molecular complexity index is 819. The summed E-state index contributed by atoms with van der Waals surface area (Å²) >= 11 is 0. The van der Waals surface area contributed by atoms with Gasteiger partial charge in [0.05, 0.1) is 24.9 Å². The van der Waals surface area contributed by atoms with Gasteiger partial charge in [0, 0.05) is 19.3 Å². The number of aliphatic carboxylic acids is 1. The summed E-state index contributed by atoms with van der Waals surface area (Å²) < 4.78 is 5.95. The highest BCUT2D eigenvalue weighted by Gasteiger charge is 2.17. The summed E-state index contributed by atoms with van der Waals surface area (Å²) in [4.78, 5) is 35.8. The molecule has 1 unspecified atom stereocenters. The summed E-state index contributed by atoms with van der Waals surface area (Å²) in [5, 5.41) is 19.2. The number of carboxylic acid groups (broad SMARTS) is 1. The van der Waals surface area contributed by atoms with Gasteiger partial charge in [0.15, 0.2) is 5.69 Å². The number of nitrogens with one attached hydrogen (secondary N) is 1. The topological polar surface area (TPSA) is 127 Å². The SMILES string of the molecule is COC(=O)c1cn(-c2cccc(NC(=O)N(C)CC(C)C(=O)O)c2)nn1. The molecule has 2 aromatic rings. The fraction of sp³-hybridized carbons (Fsp3) is 0.312. The molecule has 0 bridgehead atoms. The number of carbonyl (C=O) groups is 3. The van der Waals surface area contributed by atoms with Gasteiger partial charge in [-0.05, 0) is 18.2 Å². The molecule has 10 heteroatoms. The van der Waals surface area contributed by atoms with Crippen LogP contribution in [0.1, 0.15) is 17.4 Å². The summed E-state index contributed by atoms with van der Waals surface area (Å²) in [5.74, 6) is -2.25. The van der Waals surface area contributed by atoms with Gasteiger partial charge in [0.25, 0.3) is 0 Å². The van der Waals surface area contributed by atoms with E-state index in [1.54, 1.807) is 24.3 Å². The number of rotatable bonds is 6. The molecule has 2 rings (SSSR count). The van der Waals surface area contributed by atoms with Crippen molar-refractivity contribution in [3.05, 3.63) is 36.2 Å². The van der Waals surface area contributed by atoms with E-state index >= 15 is 0 Å². The van der Waals surface area contributed by atoms with E-state index in [2.05, 4.69) is 20.4 Å². The maximum absolute atomic E-state index is 12.2. The Hall–Kier alpha value is -3.43. The number of hydrogen-bond donors (Lipinski definition) is 2. The average Bonchev–Trinajstić information content (AvgIpc) is 3.11. The molecule has 2 N–H and O–H groups in total. The summed E-state index contributed by atoms with van der Waals surface area (Å²) in [5.41, 5.74) is 1.12. The van der Waals surface area contributed by atoms with Gasteiger partial charge in [-0.15, -0.1) is 5.10 Å². The Labute approximate surface area is 149 Å². The smallest absolute Gasteiger partial charge is 0.360 e. The molecule has 1 aromatic carbocycles. The predicted octanol–water partition coefficient (Wildman–Crippen LogP) is 1.24. The molecule has 1 aromatic heterocycles. The van der Waals surface area contributed by atoms with Crippen LogP contribution in [0.25, 0.3) is 5.69 Å². The van der Waals surface area contributed by atoms with Crippen LogP contribution in [0.2, 0.25) is 0 Å². The highest BCUT2D eigenvalue weighted by Crippen LogP contribution is 2.15. The highest BCUT2D eigenvalue weighted by atomic mass is 16.5. The Kier molecular flexibility index (Phi) is 5.89. The van der Waals surface area contributed by atoms with Crippen LogP contribution in [0.5, 0.6) is 0 Å². The maximum Gasteiger partial charge on any atom is 0.360 e. The number of benzene rings is 1. The van der Waals surface area contributed by atoms with Gasteiger partial charge in [0.1, 0.15) is 0 Å². The van der Waals surface area contributed by atoms with Crippen LogP contribution in [-0.4, -0.2) is 63.7 Å². The first-order chi connectivity index (χ1) is 12.3. The lowest BCUT2D eigenvalue weighted by Crippen LogP contribution is -2.36. The van der Waals surface area contributed by atoms with Crippen LogP contribution in [0.15, 0.2) is 30.5 Å². The fourth-order valence-corrected chi connectivity index (χ4v) is 2.10. The number of carboxylic acids is 1. The van der Waals surface area contributed by atoms with Crippen molar-refractivity contribution in [3.8, 4) is 5.69 Å². The van der Waals surface area contributed by atoms with Gasteiger partial charge in [-0.3, -0.25) is 4.79 Å². The van der Waals surface area contributed by atoms with Crippen molar-refractivity contribution in [2.45, 2.75) is 6.92 Å². The average molecular weight is 361 g/mol. The first-order valence-electron chi connectivity index (χ1n) is 7.68. The van der Waals surface area contributed by atoms with E-state index < -0.39 is 23.9 Å². The Balaban J connectivity index is 2.09. The molecule has 0 aliphatic carbocycles. The van der Waals surface area contributed by atoms with Crippen LogP contribution in [0.3, 0.4) is 0 Å². The molecule has 10 nitrogen and oxygen atoms in total. The van der Waals surface area contributed by atoms with Gasteiger partial charge in [-0.1, -0.05) is 18.2 Å². The van der Waals surface area contributed by atoms with Gasteiger partial charge in [-0.2, -0.15) is 0 Å². The lowest BCUT2D eigenvalue weighted by atomic mass is 10.2. The van der Waals surface area contributed by atoms with E-state index in [0.717, 1.165) is 0 Å². The van der Waals surface area contributed by atoms with Crippen molar-refractivity contribution in [3.63, 3.8) is 0 Å². The lowest BCUT2D eigenvalue weighted by molar-refractivity contribution is -0.141.